The summed E-state index contributed by atoms with van der Waals surface area (Å²) in [6.07, 6.45) is 1.97. The summed E-state index contributed by atoms with van der Waals surface area (Å²) in [5, 5.41) is 3.29. The van der Waals surface area contributed by atoms with Crippen molar-refractivity contribution >= 4 is 5.91 Å². The number of amides is 1. The third-order valence-electron chi connectivity index (χ3n) is 3.33. The number of nitrogens with one attached hydrogen (secondary N) is 1. The monoisotopic (exact) mass is 212 g/mol. The van der Waals surface area contributed by atoms with Crippen LogP contribution in [0.25, 0.3) is 0 Å². The highest BCUT2D eigenvalue weighted by Gasteiger charge is 2.37. The maximum atomic E-state index is 12.1. The SMILES string of the molecule is CC(C)C1NCN(C2CCOCC2)C1=O. The summed E-state index contributed by atoms with van der Waals surface area (Å²) in [4.78, 5) is 14.1. The van der Waals surface area contributed by atoms with E-state index >= 15 is 0 Å². The minimum absolute atomic E-state index is 0.0212. The Bertz CT molecular complexity index is 237. The molecule has 0 radical (unpaired) electrons. The molecule has 86 valence electrons. The average Bonchev–Trinajstić information content (AvgIpc) is 2.61. The van der Waals surface area contributed by atoms with Gasteiger partial charge in [0.2, 0.25) is 5.91 Å². The van der Waals surface area contributed by atoms with E-state index in [2.05, 4.69) is 19.2 Å². The number of rotatable bonds is 2. The van der Waals surface area contributed by atoms with Crippen LogP contribution < -0.4 is 5.32 Å². The molecule has 0 aliphatic carbocycles. The van der Waals surface area contributed by atoms with Gasteiger partial charge in [0.25, 0.3) is 0 Å². The number of nitrogens with zero attached hydrogens (tertiary/aromatic N) is 1. The Labute approximate surface area is 91.0 Å². The average molecular weight is 212 g/mol. The largest absolute Gasteiger partial charge is 0.381 e. The number of hydrogen-bond acceptors (Lipinski definition) is 3. The Balaban J connectivity index is 1.96. The van der Waals surface area contributed by atoms with Crippen LogP contribution in [0.1, 0.15) is 26.7 Å². The van der Waals surface area contributed by atoms with Crippen molar-refractivity contribution in [3.63, 3.8) is 0 Å². The van der Waals surface area contributed by atoms with E-state index in [0.717, 1.165) is 26.1 Å². The first-order chi connectivity index (χ1) is 7.20. The van der Waals surface area contributed by atoms with Gasteiger partial charge in [-0.25, -0.2) is 0 Å². The van der Waals surface area contributed by atoms with Gasteiger partial charge in [-0.05, 0) is 18.8 Å². The number of ether oxygens (including phenoxy) is 1. The third kappa shape index (κ3) is 2.16. The number of hydrogen-bond donors (Lipinski definition) is 1. The second-order valence-electron chi connectivity index (χ2n) is 4.74. The van der Waals surface area contributed by atoms with E-state index in [9.17, 15) is 4.79 Å². The summed E-state index contributed by atoms with van der Waals surface area (Å²) in [6, 6.07) is 0.412. The first kappa shape index (κ1) is 10.9. The van der Waals surface area contributed by atoms with Crippen LogP contribution in [-0.4, -0.2) is 42.8 Å². The zero-order valence-electron chi connectivity index (χ0n) is 9.53. The van der Waals surface area contributed by atoms with Gasteiger partial charge < -0.3 is 9.64 Å². The fourth-order valence-corrected chi connectivity index (χ4v) is 2.37. The molecule has 4 nitrogen and oxygen atoms in total. The van der Waals surface area contributed by atoms with Crippen LogP contribution in [-0.2, 0) is 9.53 Å². The van der Waals surface area contributed by atoms with Gasteiger partial charge in [-0.3, -0.25) is 10.1 Å². The minimum Gasteiger partial charge on any atom is -0.381 e. The summed E-state index contributed by atoms with van der Waals surface area (Å²) >= 11 is 0. The fraction of sp³-hybridized carbons (Fsp3) is 0.909. The molecule has 2 rings (SSSR count). The van der Waals surface area contributed by atoms with E-state index in [1.807, 2.05) is 4.90 Å². The second kappa shape index (κ2) is 4.49. The standard InChI is InChI=1S/C11H20N2O2/c1-8(2)10-11(14)13(7-12-10)9-3-5-15-6-4-9/h8-10,12H,3-7H2,1-2H3. The molecular formula is C11H20N2O2. The maximum absolute atomic E-state index is 12.1. The van der Waals surface area contributed by atoms with Gasteiger partial charge >= 0.3 is 0 Å². The molecule has 1 N–H and O–H groups in total. The molecule has 2 aliphatic heterocycles. The molecule has 4 heteroatoms. The summed E-state index contributed by atoms with van der Waals surface area (Å²) in [7, 11) is 0. The molecule has 0 aromatic heterocycles. The van der Waals surface area contributed by atoms with E-state index in [1.54, 1.807) is 0 Å². The molecule has 1 atom stereocenters. The highest BCUT2D eigenvalue weighted by atomic mass is 16.5. The Morgan fingerprint density at radius 1 is 1.40 bits per heavy atom. The predicted molar refractivity (Wildman–Crippen MR) is 57.3 cm³/mol. The zero-order valence-corrected chi connectivity index (χ0v) is 9.53. The van der Waals surface area contributed by atoms with Crippen LogP contribution in [0.2, 0.25) is 0 Å². The Morgan fingerprint density at radius 3 is 2.60 bits per heavy atom. The first-order valence-corrected chi connectivity index (χ1v) is 5.81. The Morgan fingerprint density at radius 2 is 2.07 bits per heavy atom. The highest BCUT2D eigenvalue weighted by Crippen LogP contribution is 2.20. The van der Waals surface area contributed by atoms with E-state index in [0.29, 0.717) is 18.6 Å². The van der Waals surface area contributed by atoms with Crippen molar-refractivity contribution in [3.05, 3.63) is 0 Å². The van der Waals surface area contributed by atoms with Crippen LogP contribution in [0.3, 0.4) is 0 Å². The molecule has 0 bridgehead atoms. The summed E-state index contributed by atoms with van der Waals surface area (Å²) in [5.74, 6) is 0.652. The van der Waals surface area contributed by atoms with Gasteiger partial charge in [0.1, 0.15) is 0 Å². The lowest BCUT2D eigenvalue weighted by Gasteiger charge is -2.30. The van der Waals surface area contributed by atoms with Crippen LogP contribution in [0, 0.1) is 5.92 Å². The van der Waals surface area contributed by atoms with E-state index < -0.39 is 0 Å². The Kier molecular flexibility index (Phi) is 3.26. The molecule has 2 saturated heterocycles. The van der Waals surface area contributed by atoms with Gasteiger partial charge in [0.15, 0.2) is 0 Å². The first-order valence-electron chi connectivity index (χ1n) is 5.81. The second-order valence-corrected chi connectivity index (χ2v) is 4.74. The molecule has 2 heterocycles. The minimum atomic E-state index is 0.0212. The summed E-state index contributed by atoms with van der Waals surface area (Å²) < 4.78 is 5.31. The highest BCUT2D eigenvalue weighted by molar-refractivity contribution is 5.84. The molecule has 2 aliphatic rings. The number of carbonyl (C=O) groups excluding carboxylic acids is 1. The van der Waals surface area contributed by atoms with Crippen molar-refractivity contribution in [2.75, 3.05) is 19.9 Å². The molecule has 1 unspecified atom stereocenters. The molecular weight excluding hydrogens is 192 g/mol. The van der Waals surface area contributed by atoms with Crippen LogP contribution in [0.5, 0.6) is 0 Å². The van der Waals surface area contributed by atoms with E-state index in [4.69, 9.17) is 4.74 Å². The fourth-order valence-electron chi connectivity index (χ4n) is 2.37. The lowest BCUT2D eigenvalue weighted by molar-refractivity contribution is -0.133. The molecule has 0 aromatic carbocycles. The van der Waals surface area contributed by atoms with Crippen molar-refractivity contribution < 1.29 is 9.53 Å². The normalized spacial score (nSPS) is 29.1. The van der Waals surface area contributed by atoms with Crippen molar-refractivity contribution in [1.82, 2.24) is 10.2 Å². The lowest BCUT2D eigenvalue weighted by atomic mass is 10.0. The molecule has 15 heavy (non-hydrogen) atoms. The topological polar surface area (TPSA) is 41.6 Å². The van der Waals surface area contributed by atoms with E-state index in [1.165, 1.54) is 0 Å². The van der Waals surface area contributed by atoms with E-state index in [-0.39, 0.29) is 11.9 Å². The van der Waals surface area contributed by atoms with Crippen molar-refractivity contribution in [2.24, 2.45) is 5.92 Å². The Hall–Kier alpha value is -0.610. The number of carbonyl (C=O) groups is 1. The van der Waals surface area contributed by atoms with Crippen LogP contribution in [0.4, 0.5) is 0 Å². The quantitative estimate of drug-likeness (QED) is 0.728. The van der Waals surface area contributed by atoms with Crippen molar-refractivity contribution in [1.29, 1.82) is 0 Å². The van der Waals surface area contributed by atoms with Gasteiger partial charge in [-0.2, -0.15) is 0 Å². The van der Waals surface area contributed by atoms with Crippen molar-refractivity contribution in [2.45, 2.75) is 38.8 Å². The molecule has 1 amide bonds. The predicted octanol–water partition coefficient (Wildman–Crippen LogP) is 0.579. The molecule has 0 saturated carbocycles. The smallest absolute Gasteiger partial charge is 0.241 e. The third-order valence-corrected chi connectivity index (χ3v) is 3.33. The van der Waals surface area contributed by atoms with Crippen LogP contribution >= 0.6 is 0 Å². The van der Waals surface area contributed by atoms with Gasteiger partial charge in [0.05, 0.1) is 12.7 Å². The van der Waals surface area contributed by atoms with Gasteiger partial charge in [-0.15, -0.1) is 0 Å². The molecule has 2 fully saturated rings. The molecule has 0 spiro atoms. The molecule has 0 aromatic rings. The summed E-state index contributed by atoms with van der Waals surface area (Å²) in [6.45, 7) is 6.47. The van der Waals surface area contributed by atoms with Crippen LogP contribution in [0.15, 0.2) is 0 Å². The summed E-state index contributed by atoms with van der Waals surface area (Å²) in [5.41, 5.74) is 0. The van der Waals surface area contributed by atoms with Gasteiger partial charge in [-0.1, -0.05) is 13.8 Å². The van der Waals surface area contributed by atoms with Crippen molar-refractivity contribution in [3.8, 4) is 0 Å². The zero-order chi connectivity index (χ0) is 10.8. The lowest BCUT2D eigenvalue weighted by Crippen LogP contribution is -2.42. The maximum Gasteiger partial charge on any atom is 0.241 e. The van der Waals surface area contributed by atoms with Gasteiger partial charge in [0, 0.05) is 19.3 Å².